The normalized spacial score (nSPS) is 11.6. The van der Waals surface area contributed by atoms with Gasteiger partial charge >= 0.3 is 0 Å². The summed E-state index contributed by atoms with van der Waals surface area (Å²) < 4.78 is 4.87. The minimum Gasteiger partial charge on any atom is -0.309 e. The second-order valence-corrected chi connectivity index (χ2v) is 14.5. The van der Waals surface area contributed by atoms with Crippen molar-refractivity contribution in [3.63, 3.8) is 0 Å². The Bertz CT molecular complexity index is 3210. The van der Waals surface area contributed by atoms with Crippen LogP contribution in [0.3, 0.4) is 0 Å². The molecule has 0 unspecified atom stereocenters. The van der Waals surface area contributed by atoms with Gasteiger partial charge in [0, 0.05) is 32.8 Å². The standard InChI is InChI=1S/C54H36N2/c1-5-16-37(17-6-1)40-28-31-50(46(34-40)39-20-9-3-10-21-39)56-51-32-29-41(38-18-7-2-8-19-38)35-47(51)48-36-42(30-33-52(48)56)44-25-15-27-53-54(44)45-24-13-14-26-49(45)55(53)43-22-11-4-12-23-43/h1-36H. The Morgan fingerprint density at radius 2 is 0.750 bits per heavy atom. The van der Waals surface area contributed by atoms with E-state index >= 15 is 0 Å². The summed E-state index contributed by atoms with van der Waals surface area (Å²) in [6.45, 7) is 0. The zero-order chi connectivity index (χ0) is 37.0. The van der Waals surface area contributed by atoms with E-state index in [2.05, 4.69) is 228 Å². The molecule has 9 aromatic carbocycles. The highest BCUT2D eigenvalue weighted by atomic mass is 15.0. The van der Waals surface area contributed by atoms with Crippen molar-refractivity contribution in [2.75, 3.05) is 0 Å². The quantitative estimate of drug-likeness (QED) is 0.162. The van der Waals surface area contributed by atoms with Gasteiger partial charge in [-0.05, 0) is 99.6 Å². The zero-order valence-electron chi connectivity index (χ0n) is 30.7. The molecule has 2 heteroatoms. The van der Waals surface area contributed by atoms with E-state index in [0.717, 1.165) is 11.4 Å². The highest BCUT2D eigenvalue weighted by Gasteiger charge is 2.20. The fourth-order valence-corrected chi connectivity index (χ4v) is 8.77. The van der Waals surface area contributed by atoms with E-state index in [9.17, 15) is 0 Å². The van der Waals surface area contributed by atoms with Crippen molar-refractivity contribution in [2.45, 2.75) is 0 Å². The molecule has 0 aliphatic heterocycles. The third-order valence-corrected chi connectivity index (χ3v) is 11.3. The predicted molar refractivity (Wildman–Crippen MR) is 237 cm³/mol. The van der Waals surface area contributed by atoms with Crippen LogP contribution in [0, 0.1) is 0 Å². The van der Waals surface area contributed by atoms with Crippen LogP contribution in [0.1, 0.15) is 0 Å². The van der Waals surface area contributed by atoms with Gasteiger partial charge in [0.1, 0.15) is 0 Å². The third-order valence-electron chi connectivity index (χ3n) is 11.3. The van der Waals surface area contributed by atoms with E-state index in [0.29, 0.717) is 0 Å². The lowest BCUT2D eigenvalue weighted by Gasteiger charge is -2.16. The number of benzene rings is 9. The van der Waals surface area contributed by atoms with Crippen LogP contribution in [0.4, 0.5) is 0 Å². The maximum Gasteiger partial charge on any atom is 0.0547 e. The van der Waals surface area contributed by atoms with Crippen molar-refractivity contribution >= 4 is 43.6 Å². The van der Waals surface area contributed by atoms with Gasteiger partial charge in [-0.25, -0.2) is 0 Å². The number of fused-ring (bicyclic) bond motifs is 6. The molecule has 0 radical (unpaired) electrons. The molecule has 11 rings (SSSR count). The molecule has 0 fully saturated rings. The van der Waals surface area contributed by atoms with Crippen LogP contribution in [-0.2, 0) is 0 Å². The minimum atomic E-state index is 1.16. The topological polar surface area (TPSA) is 9.86 Å². The summed E-state index contributed by atoms with van der Waals surface area (Å²) in [5.41, 5.74) is 16.7. The molecule has 0 spiro atoms. The molecule has 2 heterocycles. The van der Waals surface area contributed by atoms with E-state index in [4.69, 9.17) is 0 Å². The van der Waals surface area contributed by atoms with Crippen LogP contribution in [0.2, 0.25) is 0 Å². The van der Waals surface area contributed by atoms with Gasteiger partial charge in [-0.2, -0.15) is 0 Å². The average molecular weight is 713 g/mol. The molecule has 0 aliphatic carbocycles. The van der Waals surface area contributed by atoms with Crippen LogP contribution >= 0.6 is 0 Å². The molecule has 0 saturated heterocycles. The molecular formula is C54H36N2. The summed E-state index contributed by atoms with van der Waals surface area (Å²) in [4.78, 5) is 0. The number of nitrogens with zero attached hydrogens (tertiary/aromatic N) is 2. The molecule has 56 heavy (non-hydrogen) atoms. The van der Waals surface area contributed by atoms with Gasteiger partial charge in [0.25, 0.3) is 0 Å². The second kappa shape index (κ2) is 13.2. The summed E-state index contributed by atoms with van der Waals surface area (Å²) in [7, 11) is 0. The Labute approximate surface area is 325 Å². The van der Waals surface area contributed by atoms with Crippen LogP contribution in [-0.4, -0.2) is 9.13 Å². The Morgan fingerprint density at radius 1 is 0.250 bits per heavy atom. The molecule has 0 saturated carbocycles. The number of para-hydroxylation sites is 2. The molecular weight excluding hydrogens is 677 g/mol. The number of hydrogen-bond donors (Lipinski definition) is 0. The Morgan fingerprint density at radius 3 is 1.43 bits per heavy atom. The average Bonchev–Trinajstić information content (AvgIpc) is 3.79. The fraction of sp³-hybridized carbons (Fsp3) is 0. The lowest BCUT2D eigenvalue weighted by Crippen LogP contribution is -1.98. The molecule has 0 N–H and O–H groups in total. The summed E-state index contributed by atoms with van der Waals surface area (Å²) >= 11 is 0. The number of rotatable bonds is 6. The van der Waals surface area contributed by atoms with Gasteiger partial charge in [0.2, 0.25) is 0 Å². The van der Waals surface area contributed by atoms with Crippen molar-refractivity contribution < 1.29 is 0 Å². The van der Waals surface area contributed by atoms with Crippen molar-refractivity contribution in [2.24, 2.45) is 0 Å². The first kappa shape index (κ1) is 32.0. The maximum atomic E-state index is 2.47. The van der Waals surface area contributed by atoms with E-state index in [-0.39, 0.29) is 0 Å². The van der Waals surface area contributed by atoms with E-state index < -0.39 is 0 Å². The predicted octanol–water partition coefficient (Wildman–Crippen LogP) is 14.5. The Balaban J connectivity index is 1.19. The SMILES string of the molecule is c1ccc(-c2ccc(-n3c4ccc(-c5ccccc5)cc4c4cc(-c5cccc6c5c5ccccc5n6-c5ccccc5)ccc43)c(-c3ccccc3)c2)cc1. The highest BCUT2D eigenvalue weighted by Crippen LogP contribution is 2.43. The van der Waals surface area contributed by atoms with Gasteiger partial charge in [0.05, 0.1) is 27.8 Å². The van der Waals surface area contributed by atoms with Gasteiger partial charge in [-0.3, -0.25) is 0 Å². The summed E-state index contributed by atoms with van der Waals surface area (Å²) in [6, 6.07) is 79.4. The zero-order valence-corrected chi connectivity index (χ0v) is 30.7. The Hall–Kier alpha value is -7.42. The molecule has 2 nitrogen and oxygen atoms in total. The largest absolute Gasteiger partial charge is 0.309 e. The van der Waals surface area contributed by atoms with E-state index in [1.54, 1.807) is 0 Å². The molecule has 0 bridgehead atoms. The lowest BCUT2D eigenvalue weighted by atomic mass is 9.97. The smallest absolute Gasteiger partial charge is 0.0547 e. The van der Waals surface area contributed by atoms with Crippen molar-refractivity contribution in [3.8, 4) is 55.9 Å². The second-order valence-electron chi connectivity index (χ2n) is 14.5. The maximum absolute atomic E-state index is 2.47. The first-order chi connectivity index (χ1) is 27.8. The number of aromatic nitrogens is 2. The van der Waals surface area contributed by atoms with Crippen LogP contribution in [0.5, 0.6) is 0 Å². The molecule has 0 atom stereocenters. The fourth-order valence-electron chi connectivity index (χ4n) is 8.77. The summed E-state index contributed by atoms with van der Waals surface area (Å²) in [5, 5.41) is 4.98. The lowest BCUT2D eigenvalue weighted by molar-refractivity contribution is 1.18. The van der Waals surface area contributed by atoms with Crippen molar-refractivity contribution in [1.82, 2.24) is 9.13 Å². The van der Waals surface area contributed by atoms with Crippen LogP contribution in [0.25, 0.3) is 99.5 Å². The highest BCUT2D eigenvalue weighted by molar-refractivity contribution is 6.17. The summed E-state index contributed by atoms with van der Waals surface area (Å²) in [5.74, 6) is 0. The molecule has 0 aliphatic rings. The van der Waals surface area contributed by atoms with Crippen molar-refractivity contribution in [1.29, 1.82) is 0 Å². The number of hydrogen-bond acceptors (Lipinski definition) is 0. The van der Waals surface area contributed by atoms with Gasteiger partial charge in [-0.1, -0.05) is 158 Å². The molecule has 0 amide bonds. The molecule has 2 aromatic heterocycles. The van der Waals surface area contributed by atoms with Crippen LogP contribution < -0.4 is 0 Å². The Kier molecular flexibility index (Phi) is 7.53. The first-order valence-electron chi connectivity index (χ1n) is 19.3. The van der Waals surface area contributed by atoms with E-state index in [1.807, 2.05) is 0 Å². The monoisotopic (exact) mass is 712 g/mol. The van der Waals surface area contributed by atoms with Gasteiger partial charge in [0.15, 0.2) is 0 Å². The van der Waals surface area contributed by atoms with Crippen LogP contribution in [0.15, 0.2) is 218 Å². The molecule has 262 valence electrons. The molecule has 11 aromatic rings. The summed E-state index contributed by atoms with van der Waals surface area (Å²) in [6.07, 6.45) is 0. The van der Waals surface area contributed by atoms with Gasteiger partial charge in [-0.15, -0.1) is 0 Å². The minimum absolute atomic E-state index is 1.16. The van der Waals surface area contributed by atoms with Gasteiger partial charge < -0.3 is 9.13 Å². The third kappa shape index (κ3) is 5.19. The first-order valence-corrected chi connectivity index (χ1v) is 19.3. The van der Waals surface area contributed by atoms with E-state index in [1.165, 1.54) is 88.1 Å². The van der Waals surface area contributed by atoms with Crippen molar-refractivity contribution in [3.05, 3.63) is 218 Å².